The lowest BCUT2D eigenvalue weighted by molar-refractivity contribution is -0.109. The lowest BCUT2D eigenvalue weighted by atomic mass is 10.1. The molecule has 1 unspecified atom stereocenters. The Morgan fingerprint density at radius 3 is 3.00 bits per heavy atom. The molecule has 11 heavy (non-hydrogen) atoms. The van der Waals surface area contributed by atoms with E-state index < -0.39 is 0 Å². The molecule has 1 aromatic rings. The molecule has 1 saturated carbocycles. The number of aldehydes is 1. The molecule has 0 aliphatic heterocycles. The van der Waals surface area contributed by atoms with Crippen molar-refractivity contribution in [3.05, 3.63) is 18.2 Å². The minimum Gasteiger partial charge on any atom is -0.348 e. The zero-order valence-corrected chi connectivity index (χ0v) is 6.16. The van der Waals surface area contributed by atoms with Crippen molar-refractivity contribution < 1.29 is 4.79 Å². The standard InChI is InChI=1S/C8H10N2O/c11-5-7(6-1-2-6)8-9-3-4-10-8/h3-7H,1-2H2,(H,9,10). The molecule has 0 bridgehead atoms. The predicted molar refractivity (Wildman–Crippen MR) is 40.1 cm³/mol. The highest BCUT2D eigenvalue weighted by molar-refractivity contribution is 5.61. The average molecular weight is 150 g/mol. The Labute approximate surface area is 64.8 Å². The topological polar surface area (TPSA) is 45.8 Å². The van der Waals surface area contributed by atoms with Crippen molar-refractivity contribution in [1.29, 1.82) is 0 Å². The first-order valence-corrected chi connectivity index (χ1v) is 3.86. The second-order valence-corrected chi connectivity index (χ2v) is 2.97. The number of H-pyrrole nitrogens is 1. The summed E-state index contributed by atoms with van der Waals surface area (Å²) in [5.41, 5.74) is 0. The predicted octanol–water partition coefficient (Wildman–Crippen LogP) is 1.10. The van der Waals surface area contributed by atoms with Crippen molar-refractivity contribution in [3.63, 3.8) is 0 Å². The molecule has 58 valence electrons. The first-order valence-electron chi connectivity index (χ1n) is 3.86. The summed E-state index contributed by atoms with van der Waals surface area (Å²) >= 11 is 0. The molecule has 1 aromatic heterocycles. The van der Waals surface area contributed by atoms with Gasteiger partial charge < -0.3 is 9.78 Å². The molecular weight excluding hydrogens is 140 g/mol. The maximum absolute atomic E-state index is 10.6. The summed E-state index contributed by atoms with van der Waals surface area (Å²) in [6.45, 7) is 0. The number of nitrogens with one attached hydrogen (secondary N) is 1. The molecule has 1 aliphatic carbocycles. The molecule has 0 aromatic carbocycles. The molecule has 1 N–H and O–H groups in total. The van der Waals surface area contributed by atoms with Crippen molar-refractivity contribution >= 4 is 6.29 Å². The Hall–Kier alpha value is -1.12. The van der Waals surface area contributed by atoms with Crippen LogP contribution < -0.4 is 0 Å². The summed E-state index contributed by atoms with van der Waals surface area (Å²) in [5.74, 6) is 1.39. The maximum Gasteiger partial charge on any atom is 0.130 e. The molecule has 1 atom stereocenters. The van der Waals surface area contributed by atoms with Crippen LogP contribution in [0.1, 0.15) is 24.6 Å². The molecule has 0 amide bonds. The minimum absolute atomic E-state index is 0.0185. The Morgan fingerprint density at radius 1 is 1.73 bits per heavy atom. The third-order valence-corrected chi connectivity index (χ3v) is 2.11. The molecule has 0 radical (unpaired) electrons. The van der Waals surface area contributed by atoms with Crippen LogP contribution in [-0.4, -0.2) is 16.3 Å². The van der Waals surface area contributed by atoms with Crippen LogP contribution in [0.5, 0.6) is 0 Å². The van der Waals surface area contributed by atoms with Crippen molar-refractivity contribution in [2.75, 3.05) is 0 Å². The van der Waals surface area contributed by atoms with Gasteiger partial charge in [-0.1, -0.05) is 0 Å². The van der Waals surface area contributed by atoms with E-state index in [0.29, 0.717) is 5.92 Å². The van der Waals surface area contributed by atoms with E-state index in [4.69, 9.17) is 0 Å². The number of carbonyl (C=O) groups is 1. The van der Waals surface area contributed by atoms with Gasteiger partial charge >= 0.3 is 0 Å². The average Bonchev–Trinajstić information content (AvgIpc) is 2.68. The molecule has 0 saturated heterocycles. The number of aromatic nitrogens is 2. The van der Waals surface area contributed by atoms with E-state index in [2.05, 4.69) is 9.97 Å². The van der Waals surface area contributed by atoms with Crippen LogP contribution in [0.25, 0.3) is 0 Å². The highest BCUT2D eigenvalue weighted by Crippen LogP contribution is 2.40. The molecular formula is C8H10N2O. The van der Waals surface area contributed by atoms with E-state index in [1.807, 2.05) is 0 Å². The van der Waals surface area contributed by atoms with Crippen LogP contribution in [0.3, 0.4) is 0 Å². The number of hydrogen-bond donors (Lipinski definition) is 1. The van der Waals surface area contributed by atoms with E-state index >= 15 is 0 Å². The Kier molecular flexibility index (Phi) is 1.49. The normalized spacial score (nSPS) is 19.6. The fraction of sp³-hybridized carbons (Fsp3) is 0.500. The van der Waals surface area contributed by atoms with E-state index in [9.17, 15) is 4.79 Å². The van der Waals surface area contributed by atoms with E-state index in [0.717, 1.165) is 12.1 Å². The third-order valence-electron chi connectivity index (χ3n) is 2.11. The Balaban J connectivity index is 2.17. The van der Waals surface area contributed by atoms with Crippen LogP contribution in [0, 0.1) is 5.92 Å². The molecule has 2 rings (SSSR count). The van der Waals surface area contributed by atoms with E-state index in [1.165, 1.54) is 12.8 Å². The SMILES string of the molecule is O=CC(c1ncc[nH]1)C1CC1. The zero-order chi connectivity index (χ0) is 7.68. The number of carbonyl (C=O) groups excluding carboxylic acids is 1. The van der Waals surface area contributed by atoms with Crippen LogP contribution in [0.4, 0.5) is 0 Å². The minimum atomic E-state index is 0.0185. The van der Waals surface area contributed by atoms with Gasteiger partial charge in [0.15, 0.2) is 0 Å². The quantitative estimate of drug-likeness (QED) is 0.656. The summed E-state index contributed by atoms with van der Waals surface area (Å²) in [7, 11) is 0. The number of aromatic amines is 1. The largest absolute Gasteiger partial charge is 0.348 e. The van der Waals surface area contributed by atoms with Gasteiger partial charge in [-0.05, 0) is 18.8 Å². The van der Waals surface area contributed by atoms with Crippen LogP contribution >= 0.6 is 0 Å². The van der Waals surface area contributed by atoms with Gasteiger partial charge in [0, 0.05) is 12.4 Å². The smallest absolute Gasteiger partial charge is 0.130 e. The molecule has 1 heterocycles. The van der Waals surface area contributed by atoms with Crippen molar-refractivity contribution in [2.24, 2.45) is 5.92 Å². The van der Waals surface area contributed by atoms with Gasteiger partial charge in [-0.15, -0.1) is 0 Å². The van der Waals surface area contributed by atoms with Crippen LogP contribution in [-0.2, 0) is 4.79 Å². The van der Waals surface area contributed by atoms with Gasteiger partial charge in [0.1, 0.15) is 12.1 Å². The monoisotopic (exact) mass is 150 g/mol. The number of rotatable bonds is 3. The maximum atomic E-state index is 10.6. The zero-order valence-electron chi connectivity index (χ0n) is 6.16. The Bertz CT molecular complexity index is 239. The fourth-order valence-corrected chi connectivity index (χ4v) is 1.31. The van der Waals surface area contributed by atoms with Crippen LogP contribution in [0.15, 0.2) is 12.4 Å². The van der Waals surface area contributed by atoms with Crippen molar-refractivity contribution in [3.8, 4) is 0 Å². The second kappa shape index (κ2) is 2.49. The van der Waals surface area contributed by atoms with Gasteiger partial charge in [-0.2, -0.15) is 0 Å². The summed E-state index contributed by atoms with van der Waals surface area (Å²) in [6.07, 6.45) is 6.78. The van der Waals surface area contributed by atoms with Gasteiger partial charge in [-0.3, -0.25) is 0 Å². The van der Waals surface area contributed by atoms with Gasteiger partial charge in [0.2, 0.25) is 0 Å². The molecule has 1 aliphatic rings. The van der Waals surface area contributed by atoms with Crippen molar-refractivity contribution in [2.45, 2.75) is 18.8 Å². The molecule has 0 spiro atoms. The van der Waals surface area contributed by atoms with E-state index in [-0.39, 0.29) is 5.92 Å². The lowest BCUT2D eigenvalue weighted by Crippen LogP contribution is -2.04. The number of nitrogens with zero attached hydrogens (tertiary/aromatic N) is 1. The highest BCUT2D eigenvalue weighted by Gasteiger charge is 2.33. The van der Waals surface area contributed by atoms with Gasteiger partial charge in [0.25, 0.3) is 0 Å². The molecule has 1 fully saturated rings. The van der Waals surface area contributed by atoms with Crippen LogP contribution in [0.2, 0.25) is 0 Å². The van der Waals surface area contributed by atoms with Crippen molar-refractivity contribution in [1.82, 2.24) is 9.97 Å². The summed E-state index contributed by atoms with van der Waals surface area (Å²) in [5, 5.41) is 0. The van der Waals surface area contributed by atoms with Gasteiger partial charge in [-0.25, -0.2) is 4.98 Å². The summed E-state index contributed by atoms with van der Waals surface area (Å²) < 4.78 is 0. The fourth-order valence-electron chi connectivity index (χ4n) is 1.31. The van der Waals surface area contributed by atoms with Gasteiger partial charge in [0.05, 0.1) is 5.92 Å². The third kappa shape index (κ3) is 1.18. The Morgan fingerprint density at radius 2 is 2.55 bits per heavy atom. The first-order chi connectivity index (χ1) is 5.42. The first kappa shape index (κ1) is 6.58. The lowest BCUT2D eigenvalue weighted by Gasteiger charge is -2.02. The van der Waals surface area contributed by atoms with E-state index in [1.54, 1.807) is 12.4 Å². The summed E-state index contributed by atoms with van der Waals surface area (Å²) in [4.78, 5) is 17.7. The number of imidazole rings is 1. The summed E-state index contributed by atoms with van der Waals surface area (Å²) in [6, 6.07) is 0. The highest BCUT2D eigenvalue weighted by atomic mass is 16.1. The molecule has 3 nitrogen and oxygen atoms in total. The molecule has 3 heteroatoms. The number of hydrogen-bond acceptors (Lipinski definition) is 2. The second-order valence-electron chi connectivity index (χ2n) is 2.97.